The van der Waals surface area contributed by atoms with Crippen LogP contribution in [0.5, 0.6) is 0 Å². The fourth-order valence-electron chi connectivity index (χ4n) is 3.34. The molecule has 146 valence electrons. The summed E-state index contributed by atoms with van der Waals surface area (Å²) in [6.07, 6.45) is 2.50. The molecule has 29 heavy (non-hydrogen) atoms. The lowest BCUT2D eigenvalue weighted by Crippen LogP contribution is -2.36. The van der Waals surface area contributed by atoms with E-state index >= 15 is 0 Å². The summed E-state index contributed by atoms with van der Waals surface area (Å²) in [7, 11) is -3.24. The van der Waals surface area contributed by atoms with Gasteiger partial charge in [-0.2, -0.15) is 0 Å². The third-order valence-electron chi connectivity index (χ3n) is 4.79. The Kier molecular flexibility index (Phi) is 5.68. The molecule has 1 aliphatic heterocycles. The molecule has 0 bridgehead atoms. The number of benzene rings is 3. The van der Waals surface area contributed by atoms with Crippen molar-refractivity contribution in [2.24, 2.45) is 0 Å². The first kappa shape index (κ1) is 19.7. The lowest BCUT2D eigenvalue weighted by molar-refractivity contribution is -0.139. The highest BCUT2D eigenvalue weighted by Crippen LogP contribution is 2.43. The number of halogens is 1. The zero-order chi connectivity index (χ0) is 20.3. The monoisotopic (exact) mass is 423 g/mol. The molecule has 0 spiro atoms. The van der Waals surface area contributed by atoms with E-state index in [0.717, 1.165) is 5.56 Å². The van der Waals surface area contributed by atoms with E-state index in [0.29, 0.717) is 15.6 Å². The maximum atomic E-state index is 14.4. The topological polar surface area (TPSA) is 55.4 Å². The van der Waals surface area contributed by atoms with E-state index in [4.69, 9.17) is 16.3 Å². The molecule has 4 nitrogen and oxygen atoms in total. The van der Waals surface area contributed by atoms with Crippen LogP contribution in [0.4, 0.5) is 0 Å². The summed E-state index contributed by atoms with van der Waals surface area (Å²) < 4.78 is 19.9. The summed E-state index contributed by atoms with van der Waals surface area (Å²) in [5.74, 6) is -0.412. The molecule has 4 rings (SSSR count). The Balaban J connectivity index is 1.80. The van der Waals surface area contributed by atoms with Gasteiger partial charge in [-0.15, -0.1) is 0 Å². The predicted octanol–water partition coefficient (Wildman–Crippen LogP) is 4.38. The number of nitrogens with one attached hydrogen (secondary N) is 1. The molecule has 0 aliphatic carbocycles. The molecule has 0 saturated heterocycles. The molecule has 0 fully saturated rings. The van der Waals surface area contributed by atoms with Crippen molar-refractivity contribution in [2.75, 3.05) is 0 Å². The van der Waals surface area contributed by atoms with Crippen molar-refractivity contribution in [3.63, 3.8) is 0 Å². The van der Waals surface area contributed by atoms with Crippen LogP contribution in [0.3, 0.4) is 0 Å². The molecule has 0 amide bonds. The number of hydrogen-bond donors (Lipinski definition) is 1. The first-order chi connectivity index (χ1) is 14.1. The molecule has 0 unspecified atom stereocenters. The Morgan fingerprint density at radius 2 is 1.41 bits per heavy atom. The van der Waals surface area contributed by atoms with Crippen molar-refractivity contribution in [2.45, 2.75) is 12.1 Å². The largest absolute Gasteiger partial charge is 0.453 e. The lowest BCUT2D eigenvalue weighted by Gasteiger charge is -2.30. The van der Waals surface area contributed by atoms with E-state index in [1.54, 1.807) is 18.2 Å². The highest BCUT2D eigenvalue weighted by molar-refractivity contribution is 7.76. The van der Waals surface area contributed by atoms with E-state index in [2.05, 4.69) is 5.09 Å². The standard InChI is InChI=1S/C23H19ClNO3P/c24-18-13-11-17(12-14-18)23(21-15-16-22(26)28-21)25-29(27,19-7-3-1-4-8-19)20-9-5-2-6-10-20/h1-16,21,23H,(H,25,27)/t21-,23+/m1/s1. The second-order valence-corrected chi connectivity index (χ2v) is 9.65. The van der Waals surface area contributed by atoms with E-state index in [1.165, 1.54) is 6.08 Å². The van der Waals surface area contributed by atoms with Gasteiger partial charge in [-0.25, -0.2) is 9.88 Å². The molecule has 3 aromatic rings. The summed E-state index contributed by atoms with van der Waals surface area (Å²) in [6.45, 7) is 0. The van der Waals surface area contributed by atoms with Crippen LogP contribution in [-0.4, -0.2) is 12.1 Å². The molecule has 3 aromatic carbocycles. The van der Waals surface area contributed by atoms with Gasteiger partial charge in [0, 0.05) is 21.7 Å². The molecule has 0 saturated carbocycles. The fraction of sp³-hybridized carbons (Fsp3) is 0.0870. The van der Waals surface area contributed by atoms with Crippen LogP contribution in [0.15, 0.2) is 97.1 Å². The number of carbonyl (C=O) groups excluding carboxylic acids is 1. The molecule has 1 aliphatic rings. The Morgan fingerprint density at radius 1 is 0.862 bits per heavy atom. The summed E-state index contributed by atoms with van der Waals surface area (Å²) in [5.41, 5.74) is 0.825. The van der Waals surface area contributed by atoms with Crippen LogP contribution >= 0.6 is 18.9 Å². The van der Waals surface area contributed by atoms with Gasteiger partial charge in [0.1, 0.15) is 6.10 Å². The predicted molar refractivity (Wildman–Crippen MR) is 116 cm³/mol. The second kappa shape index (κ2) is 8.38. The highest BCUT2D eigenvalue weighted by Gasteiger charge is 2.36. The van der Waals surface area contributed by atoms with Crippen LogP contribution in [0.25, 0.3) is 0 Å². The van der Waals surface area contributed by atoms with Gasteiger partial charge in [-0.3, -0.25) is 4.57 Å². The van der Waals surface area contributed by atoms with Gasteiger partial charge >= 0.3 is 5.97 Å². The highest BCUT2D eigenvalue weighted by atomic mass is 35.5. The van der Waals surface area contributed by atoms with Crippen LogP contribution < -0.4 is 15.7 Å². The van der Waals surface area contributed by atoms with Crippen molar-refractivity contribution in [1.82, 2.24) is 5.09 Å². The number of rotatable bonds is 6. The minimum atomic E-state index is -3.24. The number of ether oxygens (including phenoxy) is 1. The third kappa shape index (κ3) is 4.20. The number of cyclic esters (lactones) is 1. The summed E-state index contributed by atoms with van der Waals surface area (Å²) in [5, 5.41) is 5.30. The SMILES string of the molecule is O=C1C=C[C@H]([C@@H](NP(=O)(c2ccccc2)c2ccccc2)c2ccc(Cl)cc2)O1. The molecular formula is C23H19ClNO3P. The van der Waals surface area contributed by atoms with Crippen molar-refractivity contribution < 1.29 is 14.1 Å². The van der Waals surface area contributed by atoms with Gasteiger partial charge in [0.25, 0.3) is 0 Å². The second-order valence-electron chi connectivity index (χ2n) is 6.70. The molecule has 1 heterocycles. The molecular weight excluding hydrogens is 405 g/mol. The van der Waals surface area contributed by atoms with Crippen molar-refractivity contribution in [1.29, 1.82) is 0 Å². The van der Waals surface area contributed by atoms with Gasteiger partial charge in [0.05, 0.1) is 6.04 Å². The summed E-state index contributed by atoms with van der Waals surface area (Å²) in [6, 6.07) is 25.3. The fourth-order valence-corrected chi connectivity index (χ4v) is 5.94. The molecule has 2 atom stereocenters. The zero-order valence-electron chi connectivity index (χ0n) is 15.4. The Bertz CT molecular complexity index is 1020. The van der Waals surface area contributed by atoms with Gasteiger partial charge < -0.3 is 4.74 Å². The first-order valence-corrected chi connectivity index (χ1v) is 11.3. The van der Waals surface area contributed by atoms with Crippen LogP contribution in [-0.2, 0) is 14.1 Å². The lowest BCUT2D eigenvalue weighted by atomic mass is 10.0. The average molecular weight is 424 g/mol. The first-order valence-electron chi connectivity index (χ1n) is 9.20. The Hall–Kier alpha value is -2.65. The van der Waals surface area contributed by atoms with E-state index < -0.39 is 25.4 Å². The normalized spacial score (nSPS) is 17.1. The zero-order valence-corrected chi connectivity index (χ0v) is 17.1. The number of esters is 1. The molecule has 1 N–H and O–H groups in total. The van der Waals surface area contributed by atoms with E-state index in [-0.39, 0.29) is 0 Å². The van der Waals surface area contributed by atoms with E-state index in [1.807, 2.05) is 72.8 Å². The smallest absolute Gasteiger partial charge is 0.331 e. The van der Waals surface area contributed by atoms with Gasteiger partial charge in [0.2, 0.25) is 7.29 Å². The van der Waals surface area contributed by atoms with Gasteiger partial charge in [0.15, 0.2) is 0 Å². The minimum Gasteiger partial charge on any atom is -0.453 e. The van der Waals surface area contributed by atoms with E-state index in [9.17, 15) is 9.36 Å². The molecule has 0 radical (unpaired) electrons. The van der Waals surface area contributed by atoms with Crippen molar-refractivity contribution in [3.8, 4) is 0 Å². The number of hydrogen-bond acceptors (Lipinski definition) is 3. The Labute approximate surface area is 174 Å². The van der Waals surface area contributed by atoms with Crippen molar-refractivity contribution in [3.05, 3.63) is 108 Å². The maximum absolute atomic E-state index is 14.4. The van der Waals surface area contributed by atoms with Gasteiger partial charge in [-0.1, -0.05) is 60.1 Å². The minimum absolute atomic E-state index is 0.412. The van der Waals surface area contributed by atoms with Crippen LogP contribution in [0, 0.1) is 0 Å². The van der Waals surface area contributed by atoms with Gasteiger partial charge in [-0.05, 0) is 48.0 Å². The maximum Gasteiger partial charge on any atom is 0.331 e. The average Bonchev–Trinajstić information content (AvgIpc) is 3.20. The number of carbonyl (C=O) groups is 1. The van der Waals surface area contributed by atoms with Crippen molar-refractivity contribution >= 4 is 35.5 Å². The quantitative estimate of drug-likeness (QED) is 0.472. The molecule has 0 aromatic heterocycles. The van der Waals surface area contributed by atoms with Crippen LogP contribution in [0.2, 0.25) is 5.02 Å². The Morgan fingerprint density at radius 3 is 1.90 bits per heavy atom. The summed E-state index contributed by atoms with van der Waals surface area (Å²) in [4.78, 5) is 11.7. The summed E-state index contributed by atoms with van der Waals surface area (Å²) >= 11 is 6.05. The van der Waals surface area contributed by atoms with Crippen LogP contribution in [0.1, 0.15) is 11.6 Å². The third-order valence-corrected chi connectivity index (χ3v) is 7.74. The molecule has 6 heteroatoms.